The van der Waals surface area contributed by atoms with Crippen LogP contribution in [0.5, 0.6) is 11.5 Å². The molecule has 93 valence electrons. The van der Waals surface area contributed by atoms with Gasteiger partial charge in [-0.3, -0.25) is 0 Å². The van der Waals surface area contributed by atoms with E-state index >= 15 is 0 Å². The molecule has 0 aromatic heterocycles. The van der Waals surface area contributed by atoms with Gasteiger partial charge in [-0.25, -0.2) is 0 Å². The molecular formula is C13H8F3O2. The van der Waals surface area contributed by atoms with E-state index in [0.717, 1.165) is 0 Å². The van der Waals surface area contributed by atoms with E-state index in [4.69, 9.17) is 0 Å². The highest BCUT2D eigenvalue weighted by Crippen LogP contribution is 2.34. The van der Waals surface area contributed by atoms with Crippen molar-refractivity contribution in [2.24, 2.45) is 0 Å². The molecular weight excluding hydrogens is 245 g/mol. The third-order valence-corrected chi connectivity index (χ3v) is 2.19. The van der Waals surface area contributed by atoms with Gasteiger partial charge in [0.1, 0.15) is 11.5 Å². The summed E-state index contributed by atoms with van der Waals surface area (Å²) in [5, 5.41) is 9.32. The molecule has 0 fully saturated rings. The Bertz CT molecular complexity index is 550. The van der Waals surface area contributed by atoms with Gasteiger partial charge in [-0.1, -0.05) is 30.3 Å². The molecule has 0 unspecified atom stereocenters. The molecule has 1 radical (unpaired) electrons. The Morgan fingerprint density at radius 2 is 1.89 bits per heavy atom. The van der Waals surface area contributed by atoms with E-state index in [1.165, 1.54) is 30.3 Å². The molecule has 0 aliphatic heterocycles. The van der Waals surface area contributed by atoms with Crippen molar-refractivity contribution >= 4 is 0 Å². The van der Waals surface area contributed by atoms with Crippen LogP contribution in [0.25, 0.3) is 11.1 Å². The molecule has 0 aliphatic rings. The molecule has 0 amide bonds. The first-order valence-corrected chi connectivity index (χ1v) is 5.01. The number of benzene rings is 2. The standard InChI is InChI=1S/C13H8F3O2/c14-13(15,16)18-12-7-2-1-6-11(12)9-4-3-5-10(17)8-9/h1-6,8,17H. The van der Waals surface area contributed by atoms with Crippen LogP contribution in [0.1, 0.15) is 0 Å². The summed E-state index contributed by atoms with van der Waals surface area (Å²) in [5.74, 6) is -0.454. The minimum atomic E-state index is -4.77. The average Bonchev–Trinajstić information content (AvgIpc) is 2.27. The normalized spacial score (nSPS) is 11.3. The third-order valence-electron chi connectivity index (χ3n) is 2.19. The predicted molar refractivity (Wildman–Crippen MR) is 59.1 cm³/mol. The zero-order valence-electron chi connectivity index (χ0n) is 9.03. The number of phenols is 1. The van der Waals surface area contributed by atoms with Crippen LogP contribution in [0.4, 0.5) is 13.2 Å². The van der Waals surface area contributed by atoms with Crippen molar-refractivity contribution in [2.45, 2.75) is 6.36 Å². The molecule has 0 atom stereocenters. The van der Waals surface area contributed by atoms with E-state index in [0.29, 0.717) is 5.56 Å². The van der Waals surface area contributed by atoms with Crippen LogP contribution in [0.15, 0.2) is 42.5 Å². The van der Waals surface area contributed by atoms with Crippen LogP contribution in [0.3, 0.4) is 0 Å². The van der Waals surface area contributed by atoms with Gasteiger partial charge in [0, 0.05) is 11.6 Å². The number of phenolic OH excluding ortho intramolecular Hbond substituents is 1. The van der Waals surface area contributed by atoms with Gasteiger partial charge < -0.3 is 9.84 Å². The van der Waals surface area contributed by atoms with Crippen LogP contribution in [-0.2, 0) is 0 Å². The van der Waals surface area contributed by atoms with E-state index in [1.54, 1.807) is 12.1 Å². The third kappa shape index (κ3) is 2.94. The average molecular weight is 253 g/mol. The quantitative estimate of drug-likeness (QED) is 0.883. The highest BCUT2D eigenvalue weighted by molar-refractivity contribution is 5.71. The molecule has 2 rings (SSSR count). The first kappa shape index (κ1) is 12.3. The Morgan fingerprint density at radius 3 is 2.56 bits per heavy atom. The zero-order valence-corrected chi connectivity index (χ0v) is 9.03. The van der Waals surface area contributed by atoms with Crippen LogP contribution < -0.4 is 4.74 Å². The molecule has 0 bridgehead atoms. The Morgan fingerprint density at radius 1 is 1.11 bits per heavy atom. The highest BCUT2D eigenvalue weighted by Gasteiger charge is 2.32. The van der Waals surface area contributed by atoms with Crippen molar-refractivity contribution in [3.63, 3.8) is 0 Å². The fourth-order valence-corrected chi connectivity index (χ4v) is 1.52. The molecule has 0 saturated carbocycles. The topological polar surface area (TPSA) is 29.5 Å². The number of hydrogen-bond donors (Lipinski definition) is 1. The number of alkyl halides is 3. The lowest BCUT2D eigenvalue weighted by Crippen LogP contribution is -2.17. The second-order valence-corrected chi connectivity index (χ2v) is 3.51. The Balaban J connectivity index is 2.45. The molecule has 2 aromatic carbocycles. The van der Waals surface area contributed by atoms with Gasteiger partial charge in [-0.2, -0.15) is 0 Å². The molecule has 0 aliphatic carbocycles. The maximum atomic E-state index is 12.2. The maximum Gasteiger partial charge on any atom is 0.573 e. The van der Waals surface area contributed by atoms with Crippen molar-refractivity contribution in [1.29, 1.82) is 0 Å². The molecule has 0 heterocycles. The number of rotatable bonds is 2. The molecule has 1 N–H and O–H groups in total. The fourth-order valence-electron chi connectivity index (χ4n) is 1.52. The molecule has 5 heteroatoms. The monoisotopic (exact) mass is 253 g/mol. The summed E-state index contributed by atoms with van der Waals surface area (Å²) in [6, 6.07) is 12.6. The number of hydrogen-bond acceptors (Lipinski definition) is 2. The number of halogens is 3. The Kier molecular flexibility index (Phi) is 3.14. The number of aromatic hydroxyl groups is 1. The van der Waals surface area contributed by atoms with Crippen molar-refractivity contribution in [3.05, 3.63) is 48.5 Å². The van der Waals surface area contributed by atoms with E-state index in [2.05, 4.69) is 10.8 Å². The van der Waals surface area contributed by atoms with Gasteiger partial charge in [0.25, 0.3) is 0 Å². The van der Waals surface area contributed by atoms with E-state index in [1.807, 2.05) is 0 Å². The molecule has 18 heavy (non-hydrogen) atoms. The van der Waals surface area contributed by atoms with Gasteiger partial charge in [-0.15, -0.1) is 13.2 Å². The van der Waals surface area contributed by atoms with E-state index in [-0.39, 0.29) is 11.3 Å². The first-order valence-electron chi connectivity index (χ1n) is 5.01. The summed E-state index contributed by atoms with van der Waals surface area (Å²) < 4.78 is 40.6. The van der Waals surface area contributed by atoms with Crippen molar-refractivity contribution in [3.8, 4) is 22.6 Å². The highest BCUT2D eigenvalue weighted by atomic mass is 19.4. The van der Waals surface area contributed by atoms with Gasteiger partial charge in [0.05, 0.1) is 0 Å². The van der Waals surface area contributed by atoms with Crippen LogP contribution >= 0.6 is 0 Å². The van der Waals surface area contributed by atoms with Crippen LogP contribution in [0, 0.1) is 6.07 Å². The van der Waals surface area contributed by atoms with Gasteiger partial charge in [0.2, 0.25) is 0 Å². The second kappa shape index (κ2) is 4.60. The minimum absolute atomic E-state index is 0.0330. The summed E-state index contributed by atoms with van der Waals surface area (Å²) in [6.45, 7) is 0. The van der Waals surface area contributed by atoms with Crippen LogP contribution in [0.2, 0.25) is 0 Å². The first-order chi connectivity index (χ1) is 8.46. The van der Waals surface area contributed by atoms with Gasteiger partial charge >= 0.3 is 6.36 Å². The number of para-hydroxylation sites is 1. The summed E-state index contributed by atoms with van der Waals surface area (Å²) in [6.07, 6.45) is -4.77. The lowest BCUT2D eigenvalue weighted by atomic mass is 10.0. The van der Waals surface area contributed by atoms with Gasteiger partial charge in [-0.05, 0) is 17.7 Å². The van der Waals surface area contributed by atoms with Gasteiger partial charge in [0.15, 0.2) is 0 Å². The Labute approximate surface area is 101 Å². The molecule has 2 nitrogen and oxygen atoms in total. The molecule has 2 aromatic rings. The summed E-state index contributed by atoms with van der Waals surface area (Å²) >= 11 is 0. The predicted octanol–water partition coefficient (Wildman–Crippen LogP) is 3.76. The SMILES string of the molecule is Oc1cccc(-c2ccc[c]c2OC(F)(F)F)c1. The lowest BCUT2D eigenvalue weighted by molar-refractivity contribution is -0.274. The van der Waals surface area contributed by atoms with E-state index in [9.17, 15) is 18.3 Å². The minimum Gasteiger partial charge on any atom is -0.508 e. The summed E-state index contributed by atoms with van der Waals surface area (Å²) in [4.78, 5) is 0. The van der Waals surface area contributed by atoms with Crippen LogP contribution in [-0.4, -0.2) is 11.5 Å². The zero-order chi connectivity index (χ0) is 13.2. The fraction of sp³-hybridized carbons (Fsp3) is 0.0769. The maximum absolute atomic E-state index is 12.2. The second-order valence-electron chi connectivity index (χ2n) is 3.51. The van der Waals surface area contributed by atoms with E-state index < -0.39 is 12.1 Å². The van der Waals surface area contributed by atoms with Crippen molar-refractivity contribution < 1.29 is 23.0 Å². The number of ether oxygens (including phenoxy) is 1. The van der Waals surface area contributed by atoms with Crippen molar-refractivity contribution in [1.82, 2.24) is 0 Å². The molecule has 0 spiro atoms. The summed E-state index contributed by atoms with van der Waals surface area (Å²) in [7, 11) is 0. The van der Waals surface area contributed by atoms with Crippen molar-refractivity contribution in [2.75, 3.05) is 0 Å². The smallest absolute Gasteiger partial charge is 0.508 e. The largest absolute Gasteiger partial charge is 0.573 e. The summed E-state index contributed by atoms with van der Waals surface area (Å²) in [5.41, 5.74) is 0.636. The molecule has 0 saturated heterocycles. The lowest BCUT2D eigenvalue weighted by Gasteiger charge is -2.12. The Hall–Kier alpha value is -2.17.